The summed E-state index contributed by atoms with van der Waals surface area (Å²) in [4.78, 5) is 4.28. The smallest absolute Gasteiger partial charge is 0.171 e. The number of hydrogen-bond acceptors (Lipinski definition) is 5. The van der Waals surface area contributed by atoms with Crippen LogP contribution in [0.5, 0.6) is 0 Å². The van der Waals surface area contributed by atoms with Crippen molar-refractivity contribution in [3.63, 3.8) is 0 Å². The first-order valence-corrected chi connectivity index (χ1v) is 7.17. The highest BCUT2D eigenvalue weighted by molar-refractivity contribution is 5.23. The van der Waals surface area contributed by atoms with E-state index in [4.69, 9.17) is 0 Å². The van der Waals surface area contributed by atoms with Crippen molar-refractivity contribution in [2.24, 2.45) is 0 Å². The first-order valence-electron chi connectivity index (χ1n) is 7.17. The summed E-state index contributed by atoms with van der Waals surface area (Å²) < 4.78 is 3.63. The molecule has 1 N–H and O–H groups in total. The average molecular weight is 298 g/mol. The molecular formula is C15H18N6O. The van der Waals surface area contributed by atoms with Crippen LogP contribution in [0.4, 0.5) is 0 Å². The fourth-order valence-electron chi connectivity index (χ4n) is 2.36. The Morgan fingerprint density at radius 1 is 1.18 bits per heavy atom. The van der Waals surface area contributed by atoms with Gasteiger partial charge in [0.2, 0.25) is 0 Å². The largest absolute Gasteiger partial charge is 0.380 e. The fraction of sp³-hybridized carbons (Fsp3) is 0.333. The second kappa shape index (κ2) is 6.07. The maximum atomic E-state index is 10.5. The zero-order valence-corrected chi connectivity index (χ0v) is 12.5. The van der Waals surface area contributed by atoms with Crippen LogP contribution in [0.25, 0.3) is 0 Å². The minimum absolute atomic E-state index is 0.177. The number of nitrogens with zero attached hydrogens (tertiary/aromatic N) is 6. The highest BCUT2D eigenvalue weighted by Crippen LogP contribution is 2.20. The van der Waals surface area contributed by atoms with E-state index in [0.29, 0.717) is 12.4 Å². The SMILES string of the molecule is CC(C)n1nnnc1Cn1ccnc1[C@@H](O)c1ccccc1. The predicted molar refractivity (Wildman–Crippen MR) is 80.0 cm³/mol. The van der Waals surface area contributed by atoms with Gasteiger partial charge in [-0.15, -0.1) is 5.10 Å². The van der Waals surface area contributed by atoms with Crippen molar-refractivity contribution in [2.45, 2.75) is 32.5 Å². The molecule has 0 amide bonds. The topological polar surface area (TPSA) is 81.7 Å². The average Bonchev–Trinajstić information content (AvgIpc) is 3.17. The molecular weight excluding hydrogens is 280 g/mol. The lowest BCUT2D eigenvalue weighted by atomic mass is 10.1. The predicted octanol–water partition coefficient (Wildman–Crippen LogP) is 1.58. The maximum absolute atomic E-state index is 10.5. The molecule has 0 radical (unpaired) electrons. The number of aliphatic hydroxyl groups excluding tert-OH is 1. The van der Waals surface area contributed by atoms with Gasteiger partial charge in [0.1, 0.15) is 11.9 Å². The quantitative estimate of drug-likeness (QED) is 0.773. The lowest BCUT2D eigenvalue weighted by Crippen LogP contribution is -2.15. The summed E-state index contributed by atoms with van der Waals surface area (Å²) in [6, 6.07) is 9.63. The van der Waals surface area contributed by atoms with Crippen LogP contribution in [0.2, 0.25) is 0 Å². The fourth-order valence-corrected chi connectivity index (χ4v) is 2.36. The van der Waals surface area contributed by atoms with Gasteiger partial charge in [-0.3, -0.25) is 0 Å². The van der Waals surface area contributed by atoms with Crippen molar-refractivity contribution < 1.29 is 5.11 Å². The number of rotatable bonds is 5. The van der Waals surface area contributed by atoms with Gasteiger partial charge in [0.15, 0.2) is 5.82 Å². The molecule has 0 unspecified atom stereocenters. The highest BCUT2D eigenvalue weighted by atomic mass is 16.3. The molecule has 0 aliphatic rings. The van der Waals surface area contributed by atoms with Crippen LogP contribution in [0.15, 0.2) is 42.7 Å². The number of tetrazole rings is 1. The Bertz CT molecular complexity index is 733. The number of imidazole rings is 1. The van der Waals surface area contributed by atoms with Gasteiger partial charge in [0.05, 0.1) is 12.6 Å². The van der Waals surface area contributed by atoms with Crippen molar-refractivity contribution in [3.05, 3.63) is 59.9 Å². The maximum Gasteiger partial charge on any atom is 0.171 e. The van der Waals surface area contributed by atoms with Gasteiger partial charge >= 0.3 is 0 Å². The normalized spacial score (nSPS) is 12.7. The van der Waals surface area contributed by atoms with Crippen molar-refractivity contribution in [3.8, 4) is 0 Å². The third kappa shape index (κ3) is 2.75. The summed E-state index contributed by atoms with van der Waals surface area (Å²) >= 11 is 0. The summed E-state index contributed by atoms with van der Waals surface area (Å²) in [6.45, 7) is 4.51. The third-order valence-electron chi connectivity index (χ3n) is 3.47. The summed E-state index contributed by atoms with van der Waals surface area (Å²) in [6.07, 6.45) is 2.71. The van der Waals surface area contributed by atoms with Gasteiger partial charge in [-0.2, -0.15) is 0 Å². The van der Waals surface area contributed by atoms with Crippen molar-refractivity contribution in [2.75, 3.05) is 0 Å². The monoisotopic (exact) mass is 298 g/mol. The van der Waals surface area contributed by atoms with Gasteiger partial charge in [0, 0.05) is 12.4 Å². The van der Waals surface area contributed by atoms with E-state index in [0.717, 1.165) is 11.4 Å². The molecule has 114 valence electrons. The Hall–Kier alpha value is -2.54. The molecule has 22 heavy (non-hydrogen) atoms. The van der Waals surface area contributed by atoms with Gasteiger partial charge in [0.25, 0.3) is 0 Å². The van der Waals surface area contributed by atoms with Crippen molar-refractivity contribution in [1.82, 2.24) is 29.8 Å². The van der Waals surface area contributed by atoms with Crippen LogP contribution in [0.3, 0.4) is 0 Å². The first-order chi connectivity index (χ1) is 10.7. The van der Waals surface area contributed by atoms with Gasteiger partial charge in [-0.1, -0.05) is 30.3 Å². The zero-order chi connectivity index (χ0) is 15.5. The van der Waals surface area contributed by atoms with Crippen molar-refractivity contribution >= 4 is 0 Å². The second-order valence-corrected chi connectivity index (χ2v) is 5.36. The van der Waals surface area contributed by atoms with Crippen LogP contribution in [0.1, 0.15) is 43.2 Å². The Morgan fingerprint density at radius 2 is 1.95 bits per heavy atom. The van der Waals surface area contributed by atoms with Gasteiger partial charge < -0.3 is 9.67 Å². The minimum Gasteiger partial charge on any atom is -0.380 e. The molecule has 0 fully saturated rings. The Balaban J connectivity index is 1.88. The van der Waals surface area contributed by atoms with E-state index in [9.17, 15) is 5.11 Å². The number of benzene rings is 1. The summed E-state index contributed by atoms with van der Waals surface area (Å²) in [5, 5.41) is 22.3. The number of aliphatic hydroxyl groups is 1. The molecule has 0 saturated heterocycles. The summed E-state index contributed by atoms with van der Waals surface area (Å²) in [5.74, 6) is 1.30. The van der Waals surface area contributed by atoms with E-state index < -0.39 is 6.10 Å². The zero-order valence-electron chi connectivity index (χ0n) is 12.5. The molecule has 7 heteroatoms. The van der Waals surface area contributed by atoms with Gasteiger partial charge in [-0.25, -0.2) is 9.67 Å². The first kappa shape index (κ1) is 14.4. The van der Waals surface area contributed by atoms with E-state index >= 15 is 0 Å². The van der Waals surface area contributed by atoms with E-state index in [-0.39, 0.29) is 6.04 Å². The van der Waals surface area contributed by atoms with E-state index in [2.05, 4.69) is 20.5 Å². The molecule has 2 heterocycles. The molecule has 0 bridgehead atoms. The molecule has 7 nitrogen and oxygen atoms in total. The molecule has 0 spiro atoms. The number of aromatic nitrogens is 6. The summed E-state index contributed by atoms with van der Waals surface area (Å²) in [7, 11) is 0. The second-order valence-electron chi connectivity index (χ2n) is 5.36. The molecule has 2 aromatic heterocycles. The Labute approximate surface area is 128 Å². The lowest BCUT2D eigenvalue weighted by molar-refractivity contribution is 0.205. The summed E-state index contributed by atoms with van der Waals surface area (Å²) in [5.41, 5.74) is 0.804. The van der Waals surface area contributed by atoms with Gasteiger partial charge in [-0.05, 0) is 29.8 Å². The van der Waals surface area contributed by atoms with Crippen LogP contribution in [-0.2, 0) is 6.54 Å². The molecule has 1 aromatic carbocycles. The lowest BCUT2D eigenvalue weighted by Gasteiger charge is -2.14. The number of hydrogen-bond donors (Lipinski definition) is 1. The van der Waals surface area contributed by atoms with E-state index in [1.54, 1.807) is 10.9 Å². The molecule has 0 aliphatic heterocycles. The third-order valence-corrected chi connectivity index (χ3v) is 3.47. The van der Waals surface area contributed by atoms with Crippen LogP contribution in [0, 0.1) is 0 Å². The Morgan fingerprint density at radius 3 is 2.68 bits per heavy atom. The minimum atomic E-state index is -0.778. The highest BCUT2D eigenvalue weighted by Gasteiger charge is 2.18. The molecule has 1 atom stereocenters. The standard InChI is InChI=1S/C15H18N6O/c1-11(2)21-13(17-18-19-21)10-20-9-8-16-15(20)14(22)12-6-4-3-5-7-12/h3-9,11,14,22H,10H2,1-2H3/t14-/m0/s1. The molecule has 3 aromatic rings. The van der Waals surface area contributed by atoms with Crippen molar-refractivity contribution in [1.29, 1.82) is 0 Å². The van der Waals surface area contributed by atoms with Crippen LogP contribution >= 0.6 is 0 Å². The Kier molecular flexibility index (Phi) is 3.97. The van der Waals surface area contributed by atoms with E-state index in [1.165, 1.54) is 0 Å². The van der Waals surface area contributed by atoms with Crippen LogP contribution in [-0.4, -0.2) is 34.9 Å². The molecule has 3 rings (SSSR count). The molecule has 0 aliphatic carbocycles. The van der Waals surface area contributed by atoms with Crippen LogP contribution < -0.4 is 0 Å². The molecule has 0 saturated carbocycles. The van der Waals surface area contributed by atoms with E-state index in [1.807, 2.05) is 54.9 Å².